The summed E-state index contributed by atoms with van der Waals surface area (Å²) in [6, 6.07) is 7.66. The maximum atomic E-state index is 13.3. The molecule has 1 atom stereocenters. The lowest BCUT2D eigenvalue weighted by atomic mass is 9.97. The summed E-state index contributed by atoms with van der Waals surface area (Å²) in [5.74, 6) is -2.26. The van der Waals surface area contributed by atoms with E-state index in [0.717, 1.165) is 12.1 Å². The zero-order valence-corrected chi connectivity index (χ0v) is 13.8. The van der Waals surface area contributed by atoms with Crippen LogP contribution in [0.15, 0.2) is 36.4 Å². The Hall–Kier alpha value is -3.16. The SMILES string of the molecule is COC(=O)NC1CCOc2c(C(=O)Nc3ccc(F)c(F)c3)cccc21. The van der Waals surface area contributed by atoms with E-state index >= 15 is 0 Å². The number of hydrogen-bond donors (Lipinski definition) is 2. The van der Waals surface area contributed by atoms with Crippen molar-refractivity contribution >= 4 is 17.7 Å². The van der Waals surface area contributed by atoms with Gasteiger partial charge in [0.25, 0.3) is 5.91 Å². The molecule has 1 heterocycles. The summed E-state index contributed by atoms with van der Waals surface area (Å²) in [7, 11) is 1.27. The van der Waals surface area contributed by atoms with Crippen LogP contribution >= 0.6 is 0 Å². The molecule has 2 aromatic carbocycles. The molecule has 0 spiro atoms. The zero-order valence-electron chi connectivity index (χ0n) is 13.8. The smallest absolute Gasteiger partial charge is 0.407 e. The van der Waals surface area contributed by atoms with Crippen LogP contribution in [0.1, 0.15) is 28.4 Å². The summed E-state index contributed by atoms with van der Waals surface area (Å²) < 4.78 is 36.5. The maximum Gasteiger partial charge on any atom is 0.407 e. The number of fused-ring (bicyclic) bond motifs is 1. The van der Waals surface area contributed by atoms with Gasteiger partial charge in [-0.25, -0.2) is 13.6 Å². The first-order valence-electron chi connectivity index (χ1n) is 7.86. The number of methoxy groups -OCH3 is 1. The van der Waals surface area contributed by atoms with Crippen molar-refractivity contribution in [1.82, 2.24) is 5.32 Å². The number of halogens is 2. The van der Waals surface area contributed by atoms with E-state index in [-0.39, 0.29) is 17.3 Å². The number of amides is 2. The Morgan fingerprint density at radius 1 is 1.19 bits per heavy atom. The van der Waals surface area contributed by atoms with Crippen molar-refractivity contribution in [3.63, 3.8) is 0 Å². The average Bonchev–Trinajstić information content (AvgIpc) is 2.64. The summed E-state index contributed by atoms with van der Waals surface area (Å²) in [4.78, 5) is 24.0. The van der Waals surface area contributed by atoms with Gasteiger partial charge in [0, 0.05) is 23.7 Å². The molecule has 8 heteroatoms. The van der Waals surface area contributed by atoms with Crippen LogP contribution < -0.4 is 15.4 Å². The number of alkyl carbamates (subject to hydrolysis) is 1. The minimum absolute atomic E-state index is 0.117. The van der Waals surface area contributed by atoms with Gasteiger partial charge in [-0.15, -0.1) is 0 Å². The highest BCUT2D eigenvalue weighted by Gasteiger charge is 2.27. The Morgan fingerprint density at radius 3 is 2.73 bits per heavy atom. The fraction of sp³-hybridized carbons (Fsp3) is 0.222. The van der Waals surface area contributed by atoms with Crippen LogP contribution in [-0.4, -0.2) is 25.7 Å². The third kappa shape index (κ3) is 3.58. The maximum absolute atomic E-state index is 13.3. The number of rotatable bonds is 3. The van der Waals surface area contributed by atoms with Gasteiger partial charge in [-0.05, 0) is 18.2 Å². The minimum Gasteiger partial charge on any atom is -0.492 e. The lowest BCUT2D eigenvalue weighted by molar-refractivity contribution is 0.102. The second-order valence-corrected chi connectivity index (χ2v) is 5.63. The Morgan fingerprint density at radius 2 is 2.00 bits per heavy atom. The molecule has 2 aromatic rings. The molecule has 0 radical (unpaired) electrons. The van der Waals surface area contributed by atoms with Gasteiger partial charge in [0.1, 0.15) is 5.75 Å². The normalized spacial score (nSPS) is 15.4. The van der Waals surface area contributed by atoms with Gasteiger partial charge in [0.2, 0.25) is 0 Å². The first kappa shape index (κ1) is 17.7. The molecule has 1 aliphatic heterocycles. The van der Waals surface area contributed by atoms with E-state index in [1.165, 1.54) is 13.2 Å². The Bertz CT molecular complexity index is 857. The van der Waals surface area contributed by atoms with Crippen molar-refractivity contribution in [3.8, 4) is 5.75 Å². The predicted octanol–water partition coefficient (Wildman–Crippen LogP) is 3.40. The average molecular weight is 362 g/mol. The molecule has 0 aromatic heterocycles. The van der Waals surface area contributed by atoms with Crippen LogP contribution in [0, 0.1) is 11.6 Å². The van der Waals surface area contributed by atoms with Crippen LogP contribution in [0.5, 0.6) is 5.75 Å². The molecule has 26 heavy (non-hydrogen) atoms. The highest BCUT2D eigenvalue weighted by Crippen LogP contribution is 2.35. The number of hydrogen-bond acceptors (Lipinski definition) is 4. The molecule has 0 aliphatic carbocycles. The van der Waals surface area contributed by atoms with Gasteiger partial charge in [0.05, 0.1) is 25.3 Å². The highest BCUT2D eigenvalue weighted by molar-refractivity contribution is 6.06. The molecule has 0 bridgehead atoms. The summed E-state index contributed by atoms with van der Waals surface area (Å²) in [6.07, 6.45) is -0.0597. The molecule has 0 saturated heterocycles. The van der Waals surface area contributed by atoms with E-state index in [0.29, 0.717) is 24.3 Å². The van der Waals surface area contributed by atoms with E-state index in [1.54, 1.807) is 18.2 Å². The number of benzene rings is 2. The van der Waals surface area contributed by atoms with E-state index in [1.807, 2.05) is 0 Å². The third-order valence-corrected chi connectivity index (χ3v) is 3.97. The van der Waals surface area contributed by atoms with Crippen LogP contribution in [0.2, 0.25) is 0 Å². The van der Waals surface area contributed by atoms with Gasteiger partial charge in [-0.3, -0.25) is 4.79 Å². The van der Waals surface area contributed by atoms with Crippen molar-refractivity contribution in [2.24, 2.45) is 0 Å². The van der Waals surface area contributed by atoms with Gasteiger partial charge in [0.15, 0.2) is 11.6 Å². The molecule has 1 unspecified atom stereocenters. The fourth-order valence-electron chi connectivity index (χ4n) is 2.73. The quantitative estimate of drug-likeness (QED) is 0.877. The molecule has 1 aliphatic rings. The number of para-hydroxylation sites is 1. The highest BCUT2D eigenvalue weighted by atomic mass is 19.2. The monoisotopic (exact) mass is 362 g/mol. The molecular weight excluding hydrogens is 346 g/mol. The molecule has 2 N–H and O–H groups in total. The van der Waals surface area contributed by atoms with Gasteiger partial charge in [-0.2, -0.15) is 0 Å². The summed E-state index contributed by atoms with van der Waals surface area (Å²) in [5, 5.41) is 5.20. The van der Waals surface area contributed by atoms with Crippen molar-refractivity contribution in [2.45, 2.75) is 12.5 Å². The van der Waals surface area contributed by atoms with E-state index < -0.39 is 23.6 Å². The fourth-order valence-corrected chi connectivity index (χ4v) is 2.73. The largest absolute Gasteiger partial charge is 0.492 e. The number of nitrogens with one attached hydrogen (secondary N) is 2. The van der Waals surface area contributed by atoms with Crippen molar-refractivity contribution in [3.05, 3.63) is 59.2 Å². The van der Waals surface area contributed by atoms with Crippen LogP contribution in [0.25, 0.3) is 0 Å². The van der Waals surface area contributed by atoms with E-state index in [9.17, 15) is 18.4 Å². The van der Waals surface area contributed by atoms with Gasteiger partial charge in [-0.1, -0.05) is 12.1 Å². The lowest BCUT2D eigenvalue weighted by Crippen LogP contribution is -2.32. The van der Waals surface area contributed by atoms with Crippen LogP contribution in [0.3, 0.4) is 0 Å². The van der Waals surface area contributed by atoms with Crippen molar-refractivity contribution in [2.75, 3.05) is 19.0 Å². The van der Waals surface area contributed by atoms with Crippen molar-refractivity contribution < 1.29 is 27.8 Å². The Balaban J connectivity index is 1.86. The van der Waals surface area contributed by atoms with Crippen molar-refractivity contribution in [1.29, 1.82) is 0 Å². The van der Waals surface area contributed by atoms with E-state index in [4.69, 9.17) is 4.74 Å². The second kappa shape index (κ2) is 7.38. The third-order valence-electron chi connectivity index (χ3n) is 3.97. The van der Waals surface area contributed by atoms with Gasteiger partial charge < -0.3 is 20.1 Å². The number of ether oxygens (including phenoxy) is 2. The summed E-state index contributed by atoms with van der Waals surface area (Å²) in [5.41, 5.74) is 0.981. The van der Waals surface area contributed by atoms with Gasteiger partial charge >= 0.3 is 6.09 Å². The molecule has 2 amide bonds. The van der Waals surface area contributed by atoms with Crippen LogP contribution in [-0.2, 0) is 4.74 Å². The first-order valence-corrected chi connectivity index (χ1v) is 7.86. The second-order valence-electron chi connectivity index (χ2n) is 5.63. The molecule has 136 valence electrons. The number of carbonyl (C=O) groups excluding carboxylic acids is 2. The molecule has 6 nitrogen and oxygen atoms in total. The number of carbonyl (C=O) groups is 2. The number of anilines is 1. The molecular formula is C18H16F2N2O4. The topological polar surface area (TPSA) is 76.7 Å². The van der Waals surface area contributed by atoms with E-state index in [2.05, 4.69) is 15.4 Å². The summed E-state index contributed by atoms with van der Waals surface area (Å²) in [6.45, 7) is 0.303. The lowest BCUT2D eigenvalue weighted by Gasteiger charge is -2.27. The minimum atomic E-state index is -1.06. The zero-order chi connectivity index (χ0) is 18.7. The summed E-state index contributed by atoms with van der Waals surface area (Å²) >= 11 is 0. The standard InChI is InChI=1S/C18H16F2N2O4/c1-25-18(24)22-15-7-8-26-16-11(15)3-2-4-12(16)17(23)21-10-5-6-13(19)14(20)9-10/h2-6,9,15H,7-8H2,1H3,(H,21,23)(H,22,24). The Kier molecular flexibility index (Phi) is 5.01. The van der Waals surface area contributed by atoms with Crippen LogP contribution in [0.4, 0.5) is 19.3 Å². The molecule has 3 rings (SSSR count). The molecule has 0 fully saturated rings. The Labute approximate surface area is 148 Å². The first-order chi connectivity index (χ1) is 12.5. The predicted molar refractivity (Wildman–Crippen MR) is 89.1 cm³/mol. The molecule has 0 saturated carbocycles.